The van der Waals surface area contributed by atoms with Crippen molar-refractivity contribution < 1.29 is 9.50 Å². The molecule has 3 aromatic rings. The van der Waals surface area contributed by atoms with Crippen molar-refractivity contribution in [2.45, 2.75) is 38.1 Å². The van der Waals surface area contributed by atoms with E-state index < -0.39 is 17.1 Å². The van der Waals surface area contributed by atoms with Gasteiger partial charge in [-0.3, -0.25) is 14.2 Å². The first kappa shape index (κ1) is 19.0. The van der Waals surface area contributed by atoms with Crippen LogP contribution >= 0.6 is 0 Å². The van der Waals surface area contributed by atoms with E-state index in [1.54, 1.807) is 16.7 Å². The Morgan fingerprint density at radius 2 is 1.83 bits per heavy atom. The molecule has 0 spiro atoms. The van der Waals surface area contributed by atoms with E-state index in [9.17, 15) is 19.1 Å². The third-order valence-electron chi connectivity index (χ3n) is 5.42. The summed E-state index contributed by atoms with van der Waals surface area (Å²) in [5.41, 5.74) is -0.429. The summed E-state index contributed by atoms with van der Waals surface area (Å²) in [6.45, 7) is 0. The fourth-order valence-corrected chi connectivity index (χ4v) is 3.90. The van der Waals surface area contributed by atoms with Crippen molar-refractivity contribution in [3.63, 3.8) is 0 Å². The summed E-state index contributed by atoms with van der Waals surface area (Å²) in [5, 5.41) is 14.2. The summed E-state index contributed by atoms with van der Waals surface area (Å²) in [6, 6.07) is 5.89. The van der Waals surface area contributed by atoms with Crippen LogP contribution in [0.25, 0.3) is 22.5 Å². The van der Waals surface area contributed by atoms with E-state index in [4.69, 9.17) is 0 Å². The Labute approximate surface area is 166 Å². The number of aromatic hydroxyl groups is 1. The molecule has 1 saturated carbocycles. The SMILES string of the molecule is Cn1ncc(-c2cnc(-c3cccc(F)c3)n(C3CCCCC3)c2=O)c(O)c1=O. The molecule has 1 aliphatic rings. The maximum absolute atomic E-state index is 13.8. The van der Waals surface area contributed by atoms with E-state index in [1.165, 1.54) is 31.6 Å². The van der Waals surface area contributed by atoms with Crippen LogP contribution in [0, 0.1) is 5.82 Å². The zero-order valence-electron chi connectivity index (χ0n) is 16.0. The van der Waals surface area contributed by atoms with E-state index in [0.29, 0.717) is 11.4 Å². The number of hydrogen-bond donors (Lipinski definition) is 1. The predicted molar refractivity (Wildman–Crippen MR) is 106 cm³/mol. The zero-order valence-corrected chi connectivity index (χ0v) is 16.0. The average molecular weight is 396 g/mol. The number of rotatable bonds is 3. The Hall–Kier alpha value is -3.29. The zero-order chi connectivity index (χ0) is 20.5. The average Bonchev–Trinajstić information content (AvgIpc) is 2.73. The molecule has 0 aliphatic heterocycles. The largest absolute Gasteiger partial charge is 0.503 e. The van der Waals surface area contributed by atoms with Gasteiger partial charge >= 0.3 is 5.56 Å². The van der Waals surface area contributed by atoms with Gasteiger partial charge in [0.1, 0.15) is 11.6 Å². The third-order valence-corrected chi connectivity index (χ3v) is 5.42. The van der Waals surface area contributed by atoms with Crippen molar-refractivity contribution in [3.8, 4) is 28.3 Å². The molecule has 0 atom stereocenters. The van der Waals surface area contributed by atoms with Crippen molar-refractivity contribution in [1.82, 2.24) is 19.3 Å². The van der Waals surface area contributed by atoms with E-state index in [2.05, 4.69) is 10.1 Å². The van der Waals surface area contributed by atoms with Crippen molar-refractivity contribution in [1.29, 1.82) is 0 Å². The van der Waals surface area contributed by atoms with Crippen LogP contribution < -0.4 is 11.1 Å². The molecule has 0 saturated heterocycles. The molecule has 1 aliphatic carbocycles. The Balaban J connectivity index is 1.96. The van der Waals surface area contributed by atoms with E-state index in [0.717, 1.165) is 36.8 Å². The summed E-state index contributed by atoms with van der Waals surface area (Å²) < 4.78 is 16.4. The molecule has 29 heavy (non-hydrogen) atoms. The minimum atomic E-state index is -0.694. The molecule has 2 aromatic heterocycles. The molecule has 0 unspecified atom stereocenters. The van der Waals surface area contributed by atoms with Crippen LogP contribution in [0.2, 0.25) is 0 Å². The van der Waals surface area contributed by atoms with Gasteiger partial charge in [0.25, 0.3) is 5.56 Å². The molecule has 7 nitrogen and oxygen atoms in total. The number of halogens is 1. The minimum absolute atomic E-state index is 0.0425. The van der Waals surface area contributed by atoms with Gasteiger partial charge in [-0.25, -0.2) is 14.1 Å². The van der Waals surface area contributed by atoms with E-state index in [1.807, 2.05) is 0 Å². The third kappa shape index (κ3) is 3.46. The van der Waals surface area contributed by atoms with Gasteiger partial charge in [0.15, 0.2) is 5.75 Å². The molecule has 1 fully saturated rings. The Kier molecular flexibility index (Phi) is 5.00. The summed E-state index contributed by atoms with van der Waals surface area (Å²) in [7, 11) is 1.41. The van der Waals surface area contributed by atoms with Gasteiger partial charge in [0.05, 0.1) is 17.3 Å². The summed E-state index contributed by atoms with van der Waals surface area (Å²) >= 11 is 0. The van der Waals surface area contributed by atoms with Crippen molar-refractivity contribution in [3.05, 3.63) is 63.2 Å². The van der Waals surface area contributed by atoms with Crippen LogP contribution in [0.5, 0.6) is 5.75 Å². The van der Waals surface area contributed by atoms with Crippen molar-refractivity contribution in [2.75, 3.05) is 0 Å². The summed E-state index contributed by atoms with van der Waals surface area (Å²) in [5.74, 6) is -0.582. The maximum atomic E-state index is 13.8. The number of hydrogen-bond acceptors (Lipinski definition) is 5. The molecule has 0 amide bonds. The highest BCUT2D eigenvalue weighted by Crippen LogP contribution is 2.32. The van der Waals surface area contributed by atoms with Gasteiger partial charge in [0, 0.05) is 24.8 Å². The van der Waals surface area contributed by atoms with Crippen LogP contribution in [0.3, 0.4) is 0 Å². The monoisotopic (exact) mass is 396 g/mol. The summed E-state index contributed by atoms with van der Waals surface area (Å²) in [4.78, 5) is 30.0. The highest BCUT2D eigenvalue weighted by molar-refractivity contribution is 5.68. The first-order chi connectivity index (χ1) is 14.0. The van der Waals surface area contributed by atoms with Crippen LogP contribution in [0.1, 0.15) is 38.1 Å². The first-order valence-electron chi connectivity index (χ1n) is 9.60. The van der Waals surface area contributed by atoms with Gasteiger partial charge in [-0.15, -0.1) is 0 Å². The van der Waals surface area contributed by atoms with Crippen LogP contribution in [0.4, 0.5) is 4.39 Å². The van der Waals surface area contributed by atoms with Gasteiger partial charge in [-0.2, -0.15) is 5.10 Å². The van der Waals surface area contributed by atoms with Gasteiger partial charge in [-0.05, 0) is 25.0 Å². The molecule has 1 aromatic carbocycles. The number of aromatic nitrogens is 4. The molecule has 8 heteroatoms. The second kappa shape index (κ2) is 7.62. The molecule has 2 heterocycles. The summed E-state index contributed by atoms with van der Waals surface area (Å²) in [6.07, 6.45) is 7.31. The van der Waals surface area contributed by atoms with Gasteiger partial charge < -0.3 is 5.11 Å². The Bertz CT molecular complexity index is 1180. The lowest BCUT2D eigenvalue weighted by atomic mass is 9.94. The first-order valence-corrected chi connectivity index (χ1v) is 9.60. The smallest absolute Gasteiger partial charge is 0.309 e. The fourth-order valence-electron chi connectivity index (χ4n) is 3.90. The molecule has 1 N–H and O–H groups in total. The Morgan fingerprint density at radius 1 is 1.07 bits per heavy atom. The molecule has 4 rings (SSSR count). The molecule has 0 bridgehead atoms. The number of aryl methyl sites for hydroxylation is 1. The highest BCUT2D eigenvalue weighted by Gasteiger charge is 2.24. The van der Waals surface area contributed by atoms with E-state index >= 15 is 0 Å². The van der Waals surface area contributed by atoms with Crippen LogP contribution in [-0.2, 0) is 7.05 Å². The van der Waals surface area contributed by atoms with Gasteiger partial charge in [-0.1, -0.05) is 31.4 Å². The molecular formula is C21H21FN4O3. The van der Waals surface area contributed by atoms with Crippen LogP contribution in [0.15, 0.2) is 46.2 Å². The second-order valence-electron chi connectivity index (χ2n) is 7.31. The molecule has 0 radical (unpaired) electrons. The lowest BCUT2D eigenvalue weighted by Gasteiger charge is -2.26. The standard InChI is InChI=1S/C21H21FN4O3/c1-25-21(29)18(27)16(12-24-25)17-11-23-19(13-6-5-7-14(22)10-13)26(20(17)28)15-8-3-2-4-9-15/h5-7,10-12,15,27H,2-4,8-9H2,1H3. The molecule has 150 valence electrons. The van der Waals surface area contributed by atoms with Crippen molar-refractivity contribution in [2.24, 2.45) is 7.05 Å². The normalized spacial score (nSPS) is 14.8. The lowest BCUT2D eigenvalue weighted by Crippen LogP contribution is -2.30. The lowest BCUT2D eigenvalue weighted by molar-refractivity contribution is 0.347. The fraction of sp³-hybridized carbons (Fsp3) is 0.333. The number of nitrogens with zero attached hydrogens (tertiary/aromatic N) is 4. The molecular weight excluding hydrogens is 375 g/mol. The van der Waals surface area contributed by atoms with Crippen molar-refractivity contribution >= 4 is 0 Å². The van der Waals surface area contributed by atoms with Crippen LogP contribution in [-0.4, -0.2) is 24.4 Å². The minimum Gasteiger partial charge on any atom is -0.503 e. The van der Waals surface area contributed by atoms with Gasteiger partial charge in [0.2, 0.25) is 0 Å². The second-order valence-corrected chi connectivity index (χ2v) is 7.31. The predicted octanol–water partition coefficient (Wildman–Crippen LogP) is 3.02. The number of benzene rings is 1. The quantitative estimate of drug-likeness (QED) is 0.735. The van der Waals surface area contributed by atoms with E-state index in [-0.39, 0.29) is 22.7 Å². The highest BCUT2D eigenvalue weighted by atomic mass is 19.1. The maximum Gasteiger partial charge on any atom is 0.309 e. The Morgan fingerprint density at radius 3 is 2.55 bits per heavy atom. The topological polar surface area (TPSA) is 90.0 Å².